The van der Waals surface area contributed by atoms with Gasteiger partial charge >= 0.3 is 0 Å². The first-order valence-electron chi connectivity index (χ1n) is 6.19. The lowest BCUT2D eigenvalue weighted by Crippen LogP contribution is -2.23. The van der Waals surface area contributed by atoms with Gasteiger partial charge in [-0.15, -0.1) is 0 Å². The summed E-state index contributed by atoms with van der Waals surface area (Å²) in [5, 5.41) is 9.72. The van der Waals surface area contributed by atoms with Crippen LogP contribution in [0.1, 0.15) is 6.42 Å². The highest BCUT2D eigenvalue weighted by Crippen LogP contribution is 2.10. The van der Waals surface area contributed by atoms with Gasteiger partial charge in [0.25, 0.3) is 0 Å². The molecule has 5 heteroatoms. The van der Waals surface area contributed by atoms with Crippen molar-refractivity contribution in [2.45, 2.75) is 44.8 Å². The zero-order chi connectivity index (χ0) is 12.7. The Labute approximate surface area is 105 Å². The van der Waals surface area contributed by atoms with Crippen LogP contribution in [0.4, 0.5) is 0 Å². The largest absolute Gasteiger partial charge is 0.389 e. The van der Waals surface area contributed by atoms with Gasteiger partial charge in [-0.1, -0.05) is 25.7 Å². The van der Waals surface area contributed by atoms with Crippen LogP contribution in [0.15, 0.2) is 18.7 Å². The van der Waals surface area contributed by atoms with Gasteiger partial charge in [-0.05, 0) is 6.42 Å². The molecule has 0 saturated heterocycles. The summed E-state index contributed by atoms with van der Waals surface area (Å²) in [5.41, 5.74) is 0. The quantitative estimate of drug-likeness (QED) is 0.571. The molecular weight excluding hydrogens is 232 g/mol. The van der Waals surface area contributed by atoms with Crippen LogP contribution in [0.25, 0.3) is 0 Å². The molecule has 1 aromatic heterocycles. The Balaban J connectivity index is 2.03. The predicted octanol–water partition coefficient (Wildman–Crippen LogP) is 1.99. The molecule has 0 aliphatic rings. The number of aliphatic hydroxyl groups excluding tert-OH is 1. The van der Waals surface area contributed by atoms with Gasteiger partial charge in [0, 0.05) is 27.1 Å². The zero-order valence-electron chi connectivity index (χ0n) is 11.1. The van der Waals surface area contributed by atoms with Crippen molar-refractivity contribution in [3.8, 4) is 0 Å². The molecule has 0 radical (unpaired) electrons. The highest BCUT2D eigenvalue weighted by Gasteiger charge is 2.12. The molecule has 1 rings (SSSR count). The fourth-order valence-electron chi connectivity index (χ4n) is 1.61. The number of aromatic nitrogens is 2. The van der Waals surface area contributed by atoms with Crippen molar-refractivity contribution in [3.63, 3.8) is 0 Å². The summed E-state index contributed by atoms with van der Waals surface area (Å²) in [7, 11) is -0.941. The predicted molar refractivity (Wildman–Crippen MR) is 71.8 cm³/mol. The van der Waals surface area contributed by atoms with E-state index in [1.165, 1.54) is 6.04 Å². The minimum Gasteiger partial charge on any atom is -0.389 e. The van der Waals surface area contributed by atoms with Crippen molar-refractivity contribution in [3.05, 3.63) is 18.7 Å². The van der Waals surface area contributed by atoms with Crippen molar-refractivity contribution >= 4 is 8.07 Å². The molecule has 0 amide bonds. The molecule has 0 aromatic carbocycles. The van der Waals surface area contributed by atoms with Gasteiger partial charge in [0.2, 0.25) is 0 Å². The van der Waals surface area contributed by atoms with E-state index in [2.05, 4.69) is 24.6 Å². The van der Waals surface area contributed by atoms with E-state index in [9.17, 15) is 5.11 Å². The summed E-state index contributed by atoms with van der Waals surface area (Å²) in [5.74, 6) is 0. The Morgan fingerprint density at radius 1 is 1.41 bits per heavy atom. The molecule has 4 nitrogen and oxygen atoms in total. The monoisotopic (exact) mass is 256 g/mol. The molecule has 1 atom stereocenters. The third-order valence-corrected chi connectivity index (χ3v) is 4.36. The van der Waals surface area contributed by atoms with Crippen molar-refractivity contribution in [1.82, 2.24) is 9.55 Å². The molecule has 0 fully saturated rings. The third kappa shape index (κ3) is 7.30. The summed E-state index contributed by atoms with van der Waals surface area (Å²) >= 11 is 0. The standard InChI is InChI=1S/C12H24N2O2Si/c1-17(2,3)8-4-7-16-10-12(15)9-14-6-5-13-11-14/h5-6,11-12,15H,4,7-10H2,1-3H3. The van der Waals surface area contributed by atoms with Crippen LogP contribution in [0.5, 0.6) is 0 Å². The summed E-state index contributed by atoms with van der Waals surface area (Å²) < 4.78 is 7.34. The second kappa shape index (κ2) is 6.93. The maximum Gasteiger partial charge on any atom is 0.0952 e. The Morgan fingerprint density at radius 2 is 2.18 bits per heavy atom. The molecule has 1 heterocycles. The van der Waals surface area contributed by atoms with Gasteiger partial charge in [0.05, 0.1) is 25.6 Å². The van der Waals surface area contributed by atoms with E-state index < -0.39 is 14.2 Å². The van der Waals surface area contributed by atoms with E-state index in [0.29, 0.717) is 13.2 Å². The number of aliphatic hydroxyl groups is 1. The minimum atomic E-state index is -0.941. The average Bonchev–Trinajstić information content (AvgIpc) is 2.68. The Morgan fingerprint density at radius 3 is 2.76 bits per heavy atom. The van der Waals surface area contributed by atoms with Crippen LogP contribution >= 0.6 is 0 Å². The summed E-state index contributed by atoms with van der Waals surface area (Å²) in [6.07, 6.45) is 5.91. The highest BCUT2D eigenvalue weighted by molar-refractivity contribution is 6.76. The molecule has 1 aromatic rings. The van der Waals surface area contributed by atoms with Crippen molar-refractivity contribution in [2.75, 3.05) is 13.2 Å². The van der Waals surface area contributed by atoms with E-state index in [1.54, 1.807) is 12.5 Å². The molecule has 0 aliphatic carbocycles. The summed E-state index contributed by atoms with van der Waals surface area (Å²) in [6.45, 7) is 8.80. The number of imidazole rings is 1. The third-order valence-electron chi connectivity index (χ3n) is 2.51. The average molecular weight is 256 g/mol. The Hall–Kier alpha value is -0.653. The highest BCUT2D eigenvalue weighted by atomic mass is 28.3. The lowest BCUT2D eigenvalue weighted by Gasteiger charge is -2.16. The summed E-state index contributed by atoms with van der Waals surface area (Å²) in [4.78, 5) is 3.93. The molecule has 98 valence electrons. The Kier molecular flexibility index (Phi) is 5.88. The van der Waals surface area contributed by atoms with Crippen LogP contribution in [0, 0.1) is 0 Å². The van der Waals surface area contributed by atoms with E-state index >= 15 is 0 Å². The minimum absolute atomic E-state index is 0.407. The van der Waals surface area contributed by atoms with Crippen molar-refractivity contribution in [2.24, 2.45) is 0 Å². The second-order valence-electron chi connectivity index (χ2n) is 5.65. The van der Waals surface area contributed by atoms with E-state index in [4.69, 9.17) is 4.74 Å². The SMILES string of the molecule is C[Si](C)(C)CCCOCC(O)Cn1ccnc1. The van der Waals surface area contributed by atoms with Gasteiger partial charge in [-0.25, -0.2) is 4.98 Å². The fraction of sp³-hybridized carbons (Fsp3) is 0.750. The van der Waals surface area contributed by atoms with Crippen molar-refractivity contribution in [1.29, 1.82) is 0 Å². The molecule has 0 saturated carbocycles. The lowest BCUT2D eigenvalue weighted by atomic mass is 10.4. The van der Waals surface area contributed by atoms with Gasteiger partial charge in [-0.3, -0.25) is 0 Å². The first-order valence-corrected chi connectivity index (χ1v) is 9.90. The van der Waals surface area contributed by atoms with Crippen LogP contribution in [-0.2, 0) is 11.3 Å². The summed E-state index contributed by atoms with van der Waals surface area (Å²) in [6, 6.07) is 1.28. The normalized spacial score (nSPS) is 13.9. The first-order chi connectivity index (χ1) is 7.97. The maximum atomic E-state index is 9.72. The second-order valence-corrected chi connectivity index (χ2v) is 11.3. The fourth-order valence-corrected chi connectivity index (χ4v) is 2.82. The Bertz CT molecular complexity index is 296. The van der Waals surface area contributed by atoms with E-state index in [-0.39, 0.29) is 0 Å². The van der Waals surface area contributed by atoms with Gasteiger partial charge < -0.3 is 14.4 Å². The maximum absolute atomic E-state index is 9.72. The molecule has 17 heavy (non-hydrogen) atoms. The lowest BCUT2D eigenvalue weighted by molar-refractivity contribution is 0.0283. The molecule has 0 spiro atoms. The van der Waals surface area contributed by atoms with Crippen molar-refractivity contribution < 1.29 is 9.84 Å². The number of hydrogen-bond acceptors (Lipinski definition) is 3. The molecular formula is C12H24N2O2Si. The number of hydrogen-bond donors (Lipinski definition) is 1. The van der Waals surface area contributed by atoms with Gasteiger partial charge in [-0.2, -0.15) is 0 Å². The number of ether oxygens (including phenoxy) is 1. The smallest absolute Gasteiger partial charge is 0.0952 e. The van der Waals surface area contributed by atoms with Gasteiger partial charge in [0.15, 0.2) is 0 Å². The van der Waals surface area contributed by atoms with Crippen LogP contribution < -0.4 is 0 Å². The molecule has 1 N–H and O–H groups in total. The topological polar surface area (TPSA) is 47.3 Å². The van der Waals surface area contributed by atoms with E-state index in [0.717, 1.165) is 13.0 Å². The molecule has 0 aliphatic heterocycles. The first kappa shape index (κ1) is 14.4. The van der Waals surface area contributed by atoms with Crippen LogP contribution in [0.3, 0.4) is 0 Å². The number of nitrogens with zero attached hydrogens (tertiary/aromatic N) is 2. The zero-order valence-corrected chi connectivity index (χ0v) is 12.1. The van der Waals surface area contributed by atoms with Gasteiger partial charge in [0.1, 0.15) is 0 Å². The molecule has 0 bridgehead atoms. The number of rotatable bonds is 8. The van der Waals surface area contributed by atoms with E-state index in [1.807, 2.05) is 10.8 Å². The van der Waals surface area contributed by atoms with Crippen LogP contribution in [0.2, 0.25) is 25.7 Å². The molecule has 1 unspecified atom stereocenters. The van der Waals surface area contributed by atoms with Crippen LogP contribution in [-0.4, -0.2) is 42.0 Å².